The van der Waals surface area contributed by atoms with E-state index in [2.05, 4.69) is 5.32 Å². The minimum Gasteiger partial charge on any atom is -0.493 e. The maximum atomic E-state index is 12.1. The van der Waals surface area contributed by atoms with E-state index in [0.29, 0.717) is 23.0 Å². The Kier molecular flexibility index (Phi) is 6.30. The standard InChI is InChI=1S/C23H26N2O5/c1-13-16-11-21(29-5)19(27-3)8-14(16)7-18(25-13)17-12-22(30-6)20(28-4)9-15(17)10-23(26)24-2/h7-9,11-12H,10H2,1-6H3,(H,24,26). The first-order chi connectivity index (χ1) is 14.4. The average molecular weight is 410 g/mol. The molecule has 2 aromatic carbocycles. The van der Waals surface area contributed by atoms with Gasteiger partial charge in [-0.2, -0.15) is 0 Å². The number of nitrogens with zero attached hydrogens (tertiary/aromatic N) is 1. The first-order valence-electron chi connectivity index (χ1n) is 9.44. The lowest BCUT2D eigenvalue weighted by atomic mass is 9.97. The van der Waals surface area contributed by atoms with Crippen LogP contribution in [0.15, 0.2) is 30.3 Å². The third-order valence-corrected chi connectivity index (χ3v) is 5.04. The van der Waals surface area contributed by atoms with Gasteiger partial charge in [-0.1, -0.05) is 0 Å². The third-order valence-electron chi connectivity index (χ3n) is 5.04. The van der Waals surface area contributed by atoms with E-state index in [-0.39, 0.29) is 12.3 Å². The zero-order valence-electron chi connectivity index (χ0n) is 18.1. The van der Waals surface area contributed by atoms with Gasteiger partial charge in [0.25, 0.3) is 0 Å². The maximum Gasteiger partial charge on any atom is 0.224 e. The lowest BCUT2D eigenvalue weighted by molar-refractivity contribution is -0.119. The molecule has 0 aliphatic rings. The van der Waals surface area contributed by atoms with E-state index in [1.807, 2.05) is 37.3 Å². The van der Waals surface area contributed by atoms with Gasteiger partial charge in [-0.3, -0.25) is 9.78 Å². The summed E-state index contributed by atoms with van der Waals surface area (Å²) in [6, 6.07) is 9.48. The lowest BCUT2D eigenvalue weighted by Crippen LogP contribution is -2.20. The number of fused-ring (bicyclic) bond motifs is 1. The molecule has 0 unspecified atom stereocenters. The number of nitrogens with one attached hydrogen (secondary N) is 1. The van der Waals surface area contributed by atoms with Gasteiger partial charge in [0.15, 0.2) is 23.0 Å². The Balaban J connectivity index is 2.26. The number of likely N-dealkylation sites (N-methyl/N-ethyl adjacent to an activating group) is 1. The maximum absolute atomic E-state index is 12.1. The average Bonchev–Trinajstić information content (AvgIpc) is 2.77. The lowest BCUT2D eigenvalue weighted by Gasteiger charge is -2.16. The number of aromatic nitrogens is 1. The zero-order valence-corrected chi connectivity index (χ0v) is 18.1. The second kappa shape index (κ2) is 8.90. The molecule has 1 aromatic heterocycles. The molecule has 1 heterocycles. The van der Waals surface area contributed by atoms with E-state index in [9.17, 15) is 4.79 Å². The topological polar surface area (TPSA) is 78.9 Å². The Hall–Kier alpha value is -3.48. The summed E-state index contributed by atoms with van der Waals surface area (Å²) in [4.78, 5) is 16.9. The summed E-state index contributed by atoms with van der Waals surface area (Å²) in [7, 11) is 7.97. The predicted molar refractivity (Wildman–Crippen MR) is 116 cm³/mol. The molecule has 7 nitrogen and oxygen atoms in total. The van der Waals surface area contributed by atoms with E-state index in [4.69, 9.17) is 23.9 Å². The van der Waals surface area contributed by atoms with Crippen LogP contribution in [0.25, 0.3) is 22.0 Å². The van der Waals surface area contributed by atoms with Gasteiger partial charge >= 0.3 is 0 Å². The summed E-state index contributed by atoms with van der Waals surface area (Å²) in [6.07, 6.45) is 0.191. The number of hydrogen-bond acceptors (Lipinski definition) is 6. The van der Waals surface area contributed by atoms with E-state index in [1.54, 1.807) is 35.5 Å². The van der Waals surface area contributed by atoms with Gasteiger partial charge in [-0.25, -0.2) is 0 Å². The summed E-state index contributed by atoms with van der Waals surface area (Å²) in [5.41, 5.74) is 3.16. The molecule has 0 bridgehead atoms. The van der Waals surface area contributed by atoms with Crippen LogP contribution in [-0.4, -0.2) is 46.4 Å². The highest BCUT2D eigenvalue weighted by Gasteiger charge is 2.18. The van der Waals surface area contributed by atoms with Gasteiger partial charge in [0.1, 0.15) is 0 Å². The van der Waals surface area contributed by atoms with Crippen LogP contribution in [0.1, 0.15) is 11.3 Å². The number of amides is 1. The van der Waals surface area contributed by atoms with Crippen molar-refractivity contribution >= 4 is 16.7 Å². The van der Waals surface area contributed by atoms with Crippen LogP contribution in [0, 0.1) is 6.92 Å². The highest BCUT2D eigenvalue weighted by molar-refractivity contribution is 5.91. The SMILES string of the molecule is CNC(=O)Cc1cc(OC)c(OC)cc1-c1cc2cc(OC)c(OC)cc2c(C)n1. The number of hydrogen-bond donors (Lipinski definition) is 1. The summed E-state index contributed by atoms with van der Waals surface area (Å²) >= 11 is 0. The summed E-state index contributed by atoms with van der Waals surface area (Å²) in [5.74, 6) is 2.31. The molecule has 3 aromatic rings. The molecule has 0 saturated carbocycles. The van der Waals surface area contributed by atoms with E-state index < -0.39 is 0 Å². The molecule has 0 atom stereocenters. The molecule has 1 N–H and O–H groups in total. The number of pyridine rings is 1. The molecule has 0 radical (unpaired) electrons. The number of carbonyl (C=O) groups is 1. The molecule has 158 valence electrons. The van der Waals surface area contributed by atoms with Crippen LogP contribution in [0.4, 0.5) is 0 Å². The number of aryl methyl sites for hydroxylation is 1. The molecular weight excluding hydrogens is 384 g/mol. The van der Waals surface area contributed by atoms with Crippen LogP contribution in [-0.2, 0) is 11.2 Å². The quantitative estimate of drug-likeness (QED) is 0.642. The molecule has 0 aliphatic carbocycles. The van der Waals surface area contributed by atoms with E-state index in [1.165, 1.54) is 0 Å². The molecule has 30 heavy (non-hydrogen) atoms. The first-order valence-corrected chi connectivity index (χ1v) is 9.44. The molecule has 0 fully saturated rings. The normalized spacial score (nSPS) is 10.6. The van der Waals surface area contributed by atoms with Crippen LogP contribution in [0.3, 0.4) is 0 Å². The Morgan fingerprint density at radius 3 is 2.03 bits per heavy atom. The van der Waals surface area contributed by atoms with Crippen molar-refractivity contribution in [3.8, 4) is 34.3 Å². The van der Waals surface area contributed by atoms with E-state index in [0.717, 1.165) is 33.3 Å². The van der Waals surface area contributed by atoms with Gasteiger partial charge in [0.05, 0.1) is 40.6 Å². The smallest absolute Gasteiger partial charge is 0.224 e. The highest BCUT2D eigenvalue weighted by Crippen LogP contribution is 2.38. The number of rotatable bonds is 7. The molecular formula is C23H26N2O5. The van der Waals surface area contributed by atoms with Crippen molar-refractivity contribution in [2.75, 3.05) is 35.5 Å². The van der Waals surface area contributed by atoms with Crippen molar-refractivity contribution in [3.63, 3.8) is 0 Å². The number of ether oxygens (including phenoxy) is 4. The highest BCUT2D eigenvalue weighted by atomic mass is 16.5. The Labute approximate surface area is 175 Å². The fourth-order valence-corrected chi connectivity index (χ4v) is 3.45. The van der Waals surface area contributed by atoms with Crippen molar-refractivity contribution in [3.05, 3.63) is 41.6 Å². The predicted octanol–water partition coefficient (Wildman–Crippen LogP) is 3.53. The van der Waals surface area contributed by atoms with Gasteiger partial charge in [-0.05, 0) is 48.2 Å². The monoisotopic (exact) mass is 410 g/mol. The van der Waals surface area contributed by atoms with E-state index >= 15 is 0 Å². The van der Waals surface area contributed by atoms with Gasteiger partial charge in [0.2, 0.25) is 5.91 Å². The Morgan fingerprint density at radius 1 is 0.867 bits per heavy atom. The first kappa shape index (κ1) is 21.2. The van der Waals surface area contributed by atoms with Crippen molar-refractivity contribution in [2.45, 2.75) is 13.3 Å². The summed E-state index contributed by atoms with van der Waals surface area (Å²) in [5, 5.41) is 4.58. The fourth-order valence-electron chi connectivity index (χ4n) is 3.45. The van der Waals surface area contributed by atoms with Gasteiger partial charge < -0.3 is 24.3 Å². The Bertz CT molecular complexity index is 1090. The molecule has 0 saturated heterocycles. The second-order valence-corrected chi connectivity index (χ2v) is 6.74. The second-order valence-electron chi connectivity index (χ2n) is 6.74. The van der Waals surface area contributed by atoms with Crippen LogP contribution in [0.2, 0.25) is 0 Å². The van der Waals surface area contributed by atoms with Crippen molar-refractivity contribution in [2.24, 2.45) is 0 Å². The van der Waals surface area contributed by atoms with Crippen molar-refractivity contribution in [1.82, 2.24) is 10.3 Å². The molecule has 7 heteroatoms. The third kappa shape index (κ3) is 3.96. The molecule has 0 aliphatic heterocycles. The zero-order chi connectivity index (χ0) is 21.8. The van der Waals surface area contributed by atoms with Gasteiger partial charge in [0, 0.05) is 23.7 Å². The summed E-state index contributed by atoms with van der Waals surface area (Å²) < 4.78 is 21.8. The van der Waals surface area contributed by atoms with Crippen molar-refractivity contribution < 1.29 is 23.7 Å². The van der Waals surface area contributed by atoms with Crippen molar-refractivity contribution in [1.29, 1.82) is 0 Å². The van der Waals surface area contributed by atoms with Crippen LogP contribution >= 0.6 is 0 Å². The Morgan fingerprint density at radius 2 is 1.43 bits per heavy atom. The molecule has 1 amide bonds. The number of benzene rings is 2. The molecule has 0 spiro atoms. The number of carbonyl (C=O) groups excluding carboxylic acids is 1. The van der Waals surface area contributed by atoms with Crippen LogP contribution in [0.5, 0.6) is 23.0 Å². The fraction of sp³-hybridized carbons (Fsp3) is 0.304. The summed E-state index contributed by atoms with van der Waals surface area (Å²) in [6.45, 7) is 1.94. The van der Waals surface area contributed by atoms with Crippen LogP contribution < -0.4 is 24.3 Å². The molecule has 3 rings (SSSR count). The van der Waals surface area contributed by atoms with Gasteiger partial charge in [-0.15, -0.1) is 0 Å². The minimum atomic E-state index is -0.104. The largest absolute Gasteiger partial charge is 0.493 e. The minimum absolute atomic E-state index is 0.104. The number of methoxy groups -OCH3 is 4.